The lowest BCUT2D eigenvalue weighted by Gasteiger charge is -2.13. The molecule has 2 N–H and O–H groups in total. The highest BCUT2D eigenvalue weighted by Gasteiger charge is 2.10. The van der Waals surface area contributed by atoms with Gasteiger partial charge in [-0.3, -0.25) is 9.59 Å². The van der Waals surface area contributed by atoms with E-state index in [1.807, 2.05) is 19.1 Å². The first-order chi connectivity index (χ1) is 10.1. The van der Waals surface area contributed by atoms with Gasteiger partial charge in [0.25, 0.3) is 11.5 Å². The SMILES string of the molecule is Cc1cccc(C(=O)NCC(O)Cn2ccccc2=O)c1. The average molecular weight is 286 g/mol. The van der Waals surface area contributed by atoms with Gasteiger partial charge in [0.2, 0.25) is 0 Å². The van der Waals surface area contributed by atoms with E-state index in [9.17, 15) is 14.7 Å². The minimum absolute atomic E-state index is 0.0914. The van der Waals surface area contributed by atoms with Crippen molar-refractivity contribution in [2.75, 3.05) is 6.54 Å². The smallest absolute Gasteiger partial charge is 0.251 e. The molecule has 110 valence electrons. The van der Waals surface area contributed by atoms with Gasteiger partial charge in [0.05, 0.1) is 12.6 Å². The van der Waals surface area contributed by atoms with E-state index in [0.717, 1.165) is 5.56 Å². The van der Waals surface area contributed by atoms with Crippen molar-refractivity contribution in [3.8, 4) is 0 Å². The summed E-state index contributed by atoms with van der Waals surface area (Å²) in [6.07, 6.45) is 0.785. The molecule has 0 aliphatic heterocycles. The van der Waals surface area contributed by atoms with Crippen molar-refractivity contribution in [2.45, 2.75) is 19.6 Å². The van der Waals surface area contributed by atoms with Crippen molar-refractivity contribution in [3.63, 3.8) is 0 Å². The number of hydrogen-bond acceptors (Lipinski definition) is 3. The van der Waals surface area contributed by atoms with Gasteiger partial charge in [0.1, 0.15) is 0 Å². The van der Waals surface area contributed by atoms with Crippen LogP contribution in [0.1, 0.15) is 15.9 Å². The van der Waals surface area contributed by atoms with Crippen LogP contribution in [-0.2, 0) is 6.54 Å². The monoisotopic (exact) mass is 286 g/mol. The van der Waals surface area contributed by atoms with Crippen molar-refractivity contribution < 1.29 is 9.90 Å². The Kier molecular flexibility index (Phi) is 4.90. The molecule has 1 aromatic carbocycles. The molecule has 0 saturated heterocycles. The molecule has 1 aromatic heterocycles. The number of pyridine rings is 1. The first kappa shape index (κ1) is 15.0. The predicted octanol–water partition coefficient (Wildman–Crippen LogP) is 0.948. The summed E-state index contributed by atoms with van der Waals surface area (Å²) in [6, 6.07) is 12.0. The number of carbonyl (C=O) groups excluding carboxylic acids is 1. The normalized spacial score (nSPS) is 11.9. The maximum Gasteiger partial charge on any atom is 0.251 e. The van der Waals surface area contributed by atoms with Crippen LogP contribution in [0.3, 0.4) is 0 Å². The number of nitrogens with zero attached hydrogens (tertiary/aromatic N) is 1. The third kappa shape index (κ3) is 4.29. The molecule has 1 amide bonds. The van der Waals surface area contributed by atoms with Gasteiger partial charge in [-0.25, -0.2) is 0 Å². The third-order valence-corrected chi connectivity index (χ3v) is 3.08. The molecule has 0 fully saturated rings. The number of aryl methyl sites for hydroxylation is 1. The lowest BCUT2D eigenvalue weighted by molar-refractivity contribution is 0.0903. The lowest BCUT2D eigenvalue weighted by atomic mass is 10.1. The van der Waals surface area contributed by atoms with Crippen LogP contribution in [0.5, 0.6) is 0 Å². The summed E-state index contributed by atoms with van der Waals surface area (Å²) in [7, 11) is 0. The fraction of sp³-hybridized carbons (Fsp3) is 0.250. The molecule has 5 nitrogen and oxygen atoms in total. The zero-order valence-corrected chi connectivity index (χ0v) is 11.8. The highest BCUT2D eigenvalue weighted by atomic mass is 16.3. The van der Waals surface area contributed by atoms with Crippen LogP contribution in [0.25, 0.3) is 0 Å². The fourth-order valence-electron chi connectivity index (χ4n) is 2.00. The Hall–Kier alpha value is -2.40. The van der Waals surface area contributed by atoms with Crippen LogP contribution < -0.4 is 10.9 Å². The Bertz CT molecular complexity index is 679. The van der Waals surface area contributed by atoms with Crippen molar-refractivity contribution in [3.05, 3.63) is 70.1 Å². The Balaban J connectivity index is 1.89. The summed E-state index contributed by atoms with van der Waals surface area (Å²) in [4.78, 5) is 23.4. The van der Waals surface area contributed by atoms with E-state index in [1.165, 1.54) is 10.6 Å². The number of aliphatic hydroxyl groups excluding tert-OH is 1. The van der Waals surface area contributed by atoms with Crippen LogP contribution in [0, 0.1) is 6.92 Å². The van der Waals surface area contributed by atoms with E-state index >= 15 is 0 Å². The molecular formula is C16H18N2O3. The minimum Gasteiger partial charge on any atom is -0.389 e. The zero-order valence-electron chi connectivity index (χ0n) is 11.8. The van der Waals surface area contributed by atoms with E-state index in [2.05, 4.69) is 5.32 Å². The number of benzene rings is 1. The quantitative estimate of drug-likeness (QED) is 0.859. The molecule has 0 aliphatic carbocycles. The van der Waals surface area contributed by atoms with Crippen molar-refractivity contribution in [1.82, 2.24) is 9.88 Å². The maximum absolute atomic E-state index is 11.9. The fourth-order valence-corrected chi connectivity index (χ4v) is 2.00. The number of carbonyl (C=O) groups is 1. The summed E-state index contributed by atoms with van der Waals surface area (Å²) in [5.74, 6) is -0.238. The highest BCUT2D eigenvalue weighted by Crippen LogP contribution is 2.03. The van der Waals surface area contributed by atoms with Gasteiger partial charge < -0.3 is 15.0 Å². The van der Waals surface area contributed by atoms with Crippen LogP contribution in [0.2, 0.25) is 0 Å². The first-order valence-corrected chi connectivity index (χ1v) is 6.74. The number of aromatic nitrogens is 1. The summed E-state index contributed by atoms with van der Waals surface area (Å²) >= 11 is 0. The van der Waals surface area contributed by atoms with Crippen molar-refractivity contribution >= 4 is 5.91 Å². The van der Waals surface area contributed by atoms with Crippen LogP contribution >= 0.6 is 0 Å². The molecule has 0 saturated carbocycles. The second-order valence-corrected chi connectivity index (χ2v) is 4.92. The molecule has 1 atom stereocenters. The minimum atomic E-state index is -0.821. The number of amides is 1. The lowest BCUT2D eigenvalue weighted by Crippen LogP contribution is -2.36. The second kappa shape index (κ2) is 6.85. The van der Waals surface area contributed by atoms with Gasteiger partial charge in [0.15, 0.2) is 0 Å². The van der Waals surface area contributed by atoms with Gasteiger partial charge in [-0.2, -0.15) is 0 Å². The van der Waals surface area contributed by atoms with Gasteiger partial charge >= 0.3 is 0 Å². The number of rotatable bonds is 5. The van der Waals surface area contributed by atoms with Gasteiger partial charge in [-0.05, 0) is 25.1 Å². The standard InChI is InChI=1S/C16H18N2O3/c1-12-5-4-6-13(9-12)16(21)17-10-14(19)11-18-8-3-2-7-15(18)20/h2-9,14,19H,10-11H2,1H3,(H,17,21). The van der Waals surface area contributed by atoms with Gasteiger partial charge in [-0.1, -0.05) is 23.8 Å². The molecule has 1 unspecified atom stereocenters. The third-order valence-electron chi connectivity index (χ3n) is 3.08. The Morgan fingerprint density at radius 3 is 2.81 bits per heavy atom. The van der Waals surface area contributed by atoms with Crippen molar-refractivity contribution in [2.24, 2.45) is 0 Å². The van der Waals surface area contributed by atoms with E-state index < -0.39 is 6.10 Å². The number of nitrogens with one attached hydrogen (secondary N) is 1. The summed E-state index contributed by atoms with van der Waals surface area (Å²) in [5.41, 5.74) is 1.37. The molecule has 2 aromatic rings. The number of aliphatic hydroxyl groups is 1. The maximum atomic E-state index is 11.9. The Labute approximate surface area is 122 Å². The molecular weight excluding hydrogens is 268 g/mol. The topological polar surface area (TPSA) is 71.3 Å². The second-order valence-electron chi connectivity index (χ2n) is 4.92. The van der Waals surface area contributed by atoms with E-state index in [4.69, 9.17) is 0 Å². The summed E-state index contributed by atoms with van der Waals surface area (Å²) < 4.78 is 1.41. The molecule has 0 spiro atoms. The molecule has 0 aliphatic rings. The highest BCUT2D eigenvalue weighted by molar-refractivity contribution is 5.94. The van der Waals surface area contributed by atoms with Crippen molar-refractivity contribution in [1.29, 1.82) is 0 Å². The first-order valence-electron chi connectivity index (χ1n) is 6.74. The van der Waals surface area contributed by atoms with Gasteiger partial charge in [-0.15, -0.1) is 0 Å². The average Bonchev–Trinajstić information content (AvgIpc) is 2.47. The molecule has 21 heavy (non-hydrogen) atoms. The Morgan fingerprint density at radius 1 is 1.29 bits per heavy atom. The molecule has 2 rings (SSSR count). The summed E-state index contributed by atoms with van der Waals surface area (Å²) in [5, 5.41) is 12.6. The van der Waals surface area contributed by atoms with Gasteiger partial charge in [0, 0.05) is 24.4 Å². The van der Waals surface area contributed by atoms with E-state index in [-0.39, 0.29) is 24.6 Å². The van der Waals surface area contributed by atoms with E-state index in [0.29, 0.717) is 5.56 Å². The zero-order chi connectivity index (χ0) is 15.2. The number of hydrogen-bond donors (Lipinski definition) is 2. The molecule has 1 heterocycles. The molecule has 0 bridgehead atoms. The summed E-state index contributed by atoms with van der Waals surface area (Å²) in [6.45, 7) is 2.15. The van der Waals surface area contributed by atoms with E-state index in [1.54, 1.807) is 30.5 Å². The molecule has 5 heteroatoms. The van der Waals surface area contributed by atoms with Crippen LogP contribution in [-0.4, -0.2) is 28.2 Å². The molecule has 0 radical (unpaired) electrons. The largest absolute Gasteiger partial charge is 0.389 e. The van der Waals surface area contributed by atoms with Crippen LogP contribution in [0.15, 0.2) is 53.5 Å². The van der Waals surface area contributed by atoms with Crippen LogP contribution in [0.4, 0.5) is 0 Å². The Morgan fingerprint density at radius 2 is 2.10 bits per heavy atom. The predicted molar refractivity (Wildman–Crippen MR) is 80.2 cm³/mol.